The van der Waals surface area contributed by atoms with Gasteiger partial charge >= 0.3 is 0 Å². The van der Waals surface area contributed by atoms with Crippen LogP contribution in [0, 0.1) is 11.8 Å². The van der Waals surface area contributed by atoms with Crippen LogP contribution in [-0.4, -0.2) is 62.2 Å². The average molecular weight is 359 g/mol. The minimum absolute atomic E-state index is 0.733. The number of nitrogens with zero attached hydrogens (tertiary/aromatic N) is 3. The lowest BCUT2D eigenvalue weighted by atomic mass is 9.92. The standard InChI is InChI=1S/C21H34N4O/c1-17-12-18(2)15-25(14-17)21(22-3)23-13-19-4-6-20(7-5-19)16-24-8-10-26-11-9-24/h4-7,17-18H,8-16H2,1-3H3,(H,22,23). The second-order valence-electron chi connectivity index (χ2n) is 7.96. The molecule has 26 heavy (non-hydrogen) atoms. The largest absolute Gasteiger partial charge is 0.379 e. The van der Waals surface area contributed by atoms with Gasteiger partial charge in [-0.2, -0.15) is 0 Å². The van der Waals surface area contributed by atoms with Crippen LogP contribution in [0.2, 0.25) is 0 Å². The molecule has 5 nitrogen and oxygen atoms in total. The highest BCUT2D eigenvalue weighted by molar-refractivity contribution is 5.80. The van der Waals surface area contributed by atoms with Crippen molar-refractivity contribution in [3.05, 3.63) is 35.4 Å². The number of aliphatic imine (C=N–C) groups is 1. The van der Waals surface area contributed by atoms with Crippen LogP contribution in [0.4, 0.5) is 0 Å². The van der Waals surface area contributed by atoms with E-state index in [4.69, 9.17) is 4.74 Å². The molecule has 0 spiro atoms. The molecule has 1 N–H and O–H groups in total. The molecule has 2 atom stereocenters. The van der Waals surface area contributed by atoms with E-state index in [-0.39, 0.29) is 0 Å². The number of guanidine groups is 1. The third kappa shape index (κ3) is 5.45. The highest BCUT2D eigenvalue weighted by Gasteiger charge is 2.23. The van der Waals surface area contributed by atoms with E-state index < -0.39 is 0 Å². The third-order valence-corrected chi connectivity index (χ3v) is 5.36. The summed E-state index contributed by atoms with van der Waals surface area (Å²) in [5, 5.41) is 3.55. The molecule has 2 heterocycles. The first-order chi connectivity index (χ1) is 12.6. The highest BCUT2D eigenvalue weighted by atomic mass is 16.5. The molecule has 1 aromatic carbocycles. The van der Waals surface area contributed by atoms with Crippen molar-refractivity contribution in [2.45, 2.75) is 33.4 Å². The molecule has 5 heteroatoms. The number of hydrogen-bond acceptors (Lipinski definition) is 3. The summed E-state index contributed by atoms with van der Waals surface area (Å²) < 4.78 is 5.42. The molecule has 1 aromatic rings. The van der Waals surface area contributed by atoms with Crippen LogP contribution in [0.15, 0.2) is 29.3 Å². The number of likely N-dealkylation sites (tertiary alicyclic amines) is 1. The van der Waals surface area contributed by atoms with Gasteiger partial charge in [0.25, 0.3) is 0 Å². The Hall–Kier alpha value is -1.59. The first kappa shape index (κ1) is 19.2. The van der Waals surface area contributed by atoms with Gasteiger partial charge in [-0.3, -0.25) is 9.89 Å². The van der Waals surface area contributed by atoms with Gasteiger partial charge in [0.1, 0.15) is 0 Å². The van der Waals surface area contributed by atoms with Gasteiger partial charge in [-0.05, 0) is 29.4 Å². The van der Waals surface area contributed by atoms with Crippen molar-refractivity contribution < 1.29 is 4.74 Å². The number of nitrogens with one attached hydrogen (secondary N) is 1. The summed E-state index contributed by atoms with van der Waals surface area (Å²) in [6.07, 6.45) is 1.32. The number of piperidine rings is 1. The average Bonchev–Trinajstić information content (AvgIpc) is 2.64. The van der Waals surface area contributed by atoms with Crippen LogP contribution in [0.25, 0.3) is 0 Å². The lowest BCUT2D eigenvalue weighted by Crippen LogP contribution is -2.48. The second-order valence-corrected chi connectivity index (χ2v) is 7.96. The van der Waals surface area contributed by atoms with Gasteiger partial charge in [-0.15, -0.1) is 0 Å². The second kappa shape index (κ2) is 9.38. The summed E-state index contributed by atoms with van der Waals surface area (Å²) >= 11 is 0. The van der Waals surface area contributed by atoms with Gasteiger partial charge in [0.05, 0.1) is 13.2 Å². The molecule has 144 valence electrons. The van der Waals surface area contributed by atoms with E-state index in [2.05, 4.69) is 58.2 Å². The minimum Gasteiger partial charge on any atom is -0.379 e. The molecule has 3 rings (SSSR count). The monoisotopic (exact) mass is 358 g/mol. The quantitative estimate of drug-likeness (QED) is 0.663. The van der Waals surface area contributed by atoms with Crippen LogP contribution in [0.5, 0.6) is 0 Å². The van der Waals surface area contributed by atoms with E-state index >= 15 is 0 Å². The van der Waals surface area contributed by atoms with Gasteiger partial charge in [-0.25, -0.2) is 0 Å². The van der Waals surface area contributed by atoms with Gasteiger partial charge in [-0.1, -0.05) is 38.1 Å². The fourth-order valence-corrected chi connectivity index (χ4v) is 4.13. The number of hydrogen-bond donors (Lipinski definition) is 1. The Morgan fingerprint density at radius 1 is 1.08 bits per heavy atom. The Kier molecular flexibility index (Phi) is 6.92. The zero-order valence-corrected chi connectivity index (χ0v) is 16.6. The Morgan fingerprint density at radius 2 is 1.69 bits per heavy atom. The van der Waals surface area contributed by atoms with E-state index in [1.54, 1.807) is 0 Å². The zero-order chi connectivity index (χ0) is 18.4. The van der Waals surface area contributed by atoms with E-state index in [9.17, 15) is 0 Å². The van der Waals surface area contributed by atoms with Crippen LogP contribution in [0.3, 0.4) is 0 Å². The number of rotatable bonds is 4. The lowest BCUT2D eigenvalue weighted by Gasteiger charge is -2.37. The third-order valence-electron chi connectivity index (χ3n) is 5.36. The topological polar surface area (TPSA) is 40.1 Å². The van der Waals surface area contributed by atoms with Crippen LogP contribution in [-0.2, 0) is 17.8 Å². The minimum atomic E-state index is 0.733. The molecular weight excluding hydrogens is 324 g/mol. The van der Waals surface area contributed by atoms with Crippen molar-refractivity contribution in [2.75, 3.05) is 46.4 Å². The first-order valence-electron chi connectivity index (χ1n) is 9.97. The summed E-state index contributed by atoms with van der Waals surface area (Å²) in [5.74, 6) is 2.49. The molecule has 0 radical (unpaired) electrons. The molecule has 2 saturated heterocycles. The smallest absolute Gasteiger partial charge is 0.193 e. The Labute approximate surface area is 158 Å². The van der Waals surface area contributed by atoms with Gasteiger partial charge < -0.3 is 15.0 Å². The Bertz CT molecular complexity index is 570. The van der Waals surface area contributed by atoms with E-state index in [1.807, 2.05) is 7.05 Å². The SMILES string of the molecule is CN=C(NCc1ccc(CN2CCOCC2)cc1)N1CC(C)CC(C)C1. The van der Waals surface area contributed by atoms with Crippen LogP contribution < -0.4 is 5.32 Å². The van der Waals surface area contributed by atoms with Crippen LogP contribution >= 0.6 is 0 Å². The molecular formula is C21H34N4O. The fraction of sp³-hybridized carbons (Fsp3) is 0.667. The zero-order valence-electron chi connectivity index (χ0n) is 16.6. The maximum absolute atomic E-state index is 5.42. The molecule has 2 aliphatic rings. The Balaban J connectivity index is 1.50. The molecule has 2 aliphatic heterocycles. The molecule has 0 amide bonds. The van der Waals surface area contributed by atoms with Crippen molar-refractivity contribution in [1.82, 2.24) is 15.1 Å². The highest BCUT2D eigenvalue weighted by Crippen LogP contribution is 2.21. The van der Waals surface area contributed by atoms with Gasteiger partial charge in [0, 0.05) is 46.3 Å². The van der Waals surface area contributed by atoms with Gasteiger partial charge in [0.2, 0.25) is 0 Å². The summed E-state index contributed by atoms with van der Waals surface area (Å²) in [4.78, 5) is 9.37. The maximum Gasteiger partial charge on any atom is 0.193 e. The number of benzene rings is 1. The molecule has 0 aromatic heterocycles. The van der Waals surface area contributed by atoms with E-state index in [0.717, 1.165) is 70.3 Å². The normalized spacial score (nSPS) is 25.3. The number of ether oxygens (including phenoxy) is 1. The molecule has 0 bridgehead atoms. The molecule has 0 saturated carbocycles. The predicted molar refractivity (Wildman–Crippen MR) is 107 cm³/mol. The fourth-order valence-electron chi connectivity index (χ4n) is 4.13. The van der Waals surface area contributed by atoms with Crippen molar-refractivity contribution in [3.63, 3.8) is 0 Å². The summed E-state index contributed by atoms with van der Waals surface area (Å²) in [6.45, 7) is 12.5. The summed E-state index contributed by atoms with van der Waals surface area (Å²) in [6, 6.07) is 8.97. The van der Waals surface area contributed by atoms with E-state index in [0.29, 0.717) is 0 Å². The van der Waals surface area contributed by atoms with Crippen molar-refractivity contribution >= 4 is 5.96 Å². The molecule has 2 fully saturated rings. The molecule has 0 aliphatic carbocycles. The van der Waals surface area contributed by atoms with Crippen molar-refractivity contribution in [3.8, 4) is 0 Å². The number of morpholine rings is 1. The van der Waals surface area contributed by atoms with Crippen LogP contribution in [0.1, 0.15) is 31.4 Å². The Morgan fingerprint density at radius 3 is 2.31 bits per heavy atom. The summed E-state index contributed by atoms with van der Waals surface area (Å²) in [7, 11) is 1.89. The lowest BCUT2D eigenvalue weighted by molar-refractivity contribution is 0.0342. The van der Waals surface area contributed by atoms with Crippen molar-refractivity contribution in [1.29, 1.82) is 0 Å². The van der Waals surface area contributed by atoms with Gasteiger partial charge in [0.15, 0.2) is 5.96 Å². The maximum atomic E-state index is 5.42. The summed E-state index contributed by atoms with van der Waals surface area (Å²) in [5.41, 5.74) is 2.67. The first-order valence-corrected chi connectivity index (χ1v) is 9.97. The van der Waals surface area contributed by atoms with Crippen molar-refractivity contribution in [2.24, 2.45) is 16.8 Å². The molecule has 2 unspecified atom stereocenters. The predicted octanol–water partition coefficient (Wildman–Crippen LogP) is 2.57. The van der Waals surface area contributed by atoms with E-state index in [1.165, 1.54) is 17.5 Å².